The Kier molecular flexibility index (Phi) is 6.58. The Bertz CT molecular complexity index is 1510. The SMILES string of the molecule is COc1ccc(S(=O)(=O)N(C)c2ccc3sc(C(=O)Nc4ccc(C)cc4C)cc3c2)cc1Cl. The highest BCUT2D eigenvalue weighted by atomic mass is 35.5. The van der Waals surface area contributed by atoms with E-state index in [1.165, 1.54) is 48.0 Å². The number of halogens is 1. The van der Waals surface area contributed by atoms with E-state index in [4.69, 9.17) is 16.3 Å². The molecule has 0 aliphatic carbocycles. The number of ether oxygens (including phenoxy) is 1. The van der Waals surface area contributed by atoms with Crippen LogP contribution in [-0.4, -0.2) is 28.5 Å². The Morgan fingerprint density at radius 1 is 1.03 bits per heavy atom. The molecule has 0 saturated carbocycles. The number of amides is 1. The number of nitrogens with zero attached hydrogens (tertiary/aromatic N) is 1. The van der Waals surface area contributed by atoms with E-state index < -0.39 is 10.0 Å². The summed E-state index contributed by atoms with van der Waals surface area (Å²) in [6, 6.07) is 17.2. The van der Waals surface area contributed by atoms with Crippen LogP contribution >= 0.6 is 22.9 Å². The Hall–Kier alpha value is -3.07. The van der Waals surface area contributed by atoms with Crippen molar-refractivity contribution in [3.8, 4) is 5.75 Å². The van der Waals surface area contributed by atoms with Crippen molar-refractivity contribution in [2.24, 2.45) is 0 Å². The lowest BCUT2D eigenvalue weighted by molar-refractivity contribution is 0.103. The molecule has 0 fully saturated rings. The molecule has 4 aromatic rings. The summed E-state index contributed by atoms with van der Waals surface area (Å²) in [5.74, 6) is 0.193. The van der Waals surface area contributed by atoms with E-state index in [-0.39, 0.29) is 15.8 Å². The highest BCUT2D eigenvalue weighted by Gasteiger charge is 2.23. The summed E-state index contributed by atoms with van der Waals surface area (Å²) in [6.45, 7) is 3.95. The number of fused-ring (bicyclic) bond motifs is 1. The third kappa shape index (κ3) is 4.61. The van der Waals surface area contributed by atoms with Gasteiger partial charge in [-0.25, -0.2) is 8.42 Å². The summed E-state index contributed by atoms with van der Waals surface area (Å²) in [4.78, 5) is 13.4. The number of thiophene rings is 1. The largest absolute Gasteiger partial charge is 0.495 e. The standard InChI is InChI=1S/C25H23ClN2O4S2/c1-15-5-8-21(16(2)11-15)27-25(29)24-13-17-12-18(6-10-23(17)33-24)28(3)34(30,31)19-7-9-22(32-4)20(26)14-19/h5-14H,1-4H3,(H,27,29). The van der Waals surface area contributed by atoms with Gasteiger partial charge in [-0.3, -0.25) is 9.10 Å². The first-order valence-electron chi connectivity index (χ1n) is 10.3. The number of hydrogen-bond donors (Lipinski definition) is 1. The van der Waals surface area contributed by atoms with Gasteiger partial charge in [0.25, 0.3) is 15.9 Å². The monoisotopic (exact) mass is 514 g/mol. The summed E-state index contributed by atoms with van der Waals surface area (Å²) >= 11 is 7.48. The maximum Gasteiger partial charge on any atom is 0.265 e. The molecule has 1 heterocycles. The van der Waals surface area contributed by atoms with Gasteiger partial charge in [-0.1, -0.05) is 29.3 Å². The van der Waals surface area contributed by atoms with Crippen LogP contribution in [-0.2, 0) is 10.0 Å². The average molecular weight is 515 g/mol. The smallest absolute Gasteiger partial charge is 0.265 e. The first-order chi connectivity index (χ1) is 16.1. The Morgan fingerprint density at radius 3 is 2.47 bits per heavy atom. The third-order valence-corrected chi connectivity index (χ3v) is 8.69. The Morgan fingerprint density at radius 2 is 1.79 bits per heavy atom. The number of benzene rings is 3. The van der Waals surface area contributed by atoms with E-state index in [0.29, 0.717) is 16.3 Å². The Balaban J connectivity index is 1.61. The summed E-state index contributed by atoms with van der Waals surface area (Å²) in [5, 5.41) is 3.95. The number of aryl methyl sites for hydroxylation is 2. The van der Waals surface area contributed by atoms with Crippen LogP contribution in [0.1, 0.15) is 20.8 Å². The van der Waals surface area contributed by atoms with Gasteiger partial charge in [0, 0.05) is 17.4 Å². The lowest BCUT2D eigenvalue weighted by atomic mass is 10.1. The normalized spacial score (nSPS) is 11.4. The molecular weight excluding hydrogens is 492 g/mol. The number of rotatable bonds is 6. The summed E-state index contributed by atoms with van der Waals surface area (Å²) in [7, 11) is -0.902. The average Bonchev–Trinajstić information content (AvgIpc) is 3.24. The van der Waals surface area contributed by atoms with E-state index in [9.17, 15) is 13.2 Å². The topological polar surface area (TPSA) is 75.7 Å². The van der Waals surface area contributed by atoms with E-state index in [0.717, 1.165) is 26.9 Å². The third-order valence-electron chi connectivity index (χ3n) is 5.50. The minimum atomic E-state index is -3.85. The summed E-state index contributed by atoms with van der Waals surface area (Å²) in [6.07, 6.45) is 0. The molecule has 1 aromatic heterocycles. The molecule has 9 heteroatoms. The molecule has 0 unspecified atom stereocenters. The molecule has 0 bridgehead atoms. The second-order valence-electron chi connectivity index (χ2n) is 7.87. The van der Waals surface area contributed by atoms with Crippen LogP contribution in [0.25, 0.3) is 10.1 Å². The minimum Gasteiger partial charge on any atom is -0.495 e. The van der Waals surface area contributed by atoms with Crippen LogP contribution in [0.15, 0.2) is 65.6 Å². The number of hydrogen-bond acceptors (Lipinski definition) is 5. The van der Waals surface area contributed by atoms with Crippen LogP contribution in [0.4, 0.5) is 11.4 Å². The van der Waals surface area contributed by atoms with E-state index in [1.54, 1.807) is 18.2 Å². The molecule has 176 valence electrons. The number of nitrogens with one attached hydrogen (secondary N) is 1. The molecule has 6 nitrogen and oxygen atoms in total. The van der Waals surface area contributed by atoms with Crippen molar-refractivity contribution in [1.82, 2.24) is 0 Å². The van der Waals surface area contributed by atoms with Crippen molar-refractivity contribution >= 4 is 60.3 Å². The number of sulfonamides is 1. The van der Waals surface area contributed by atoms with Gasteiger partial charge in [0.1, 0.15) is 5.75 Å². The summed E-state index contributed by atoms with van der Waals surface area (Å²) in [5.41, 5.74) is 3.35. The molecule has 0 atom stereocenters. The number of methoxy groups -OCH3 is 1. The van der Waals surface area contributed by atoms with Gasteiger partial charge in [0.05, 0.1) is 27.6 Å². The molecule has 1 amide bonds. The quantitative estimate of drug-likeness (QED) is 0.329. The van der Waals surface area contributed by atoms with E-state index in [2.05, 4.69) is 5.32 Å². The Labute approximate surface area is 207 Å². The van der Waals surface area contributed by atoms with Crippen molar-refractivity contribution in [2.75, 3.05) is 23.8 Å². The maximum absolute atomic E-state index is 13.2. The molecule has 1 N–H and O–H groups in total. The molecule has 0 aliphatic heterocycles. The number of carbonyl (C=O) groups excluding carboxylic acids is 1. The fourth-order valence-corrected chi connectivity index (χ4v) is 6.06. The van der Waals surface area contributed by atoms with Crippen molar-refractivity contribution in [1.29, 1.82) is 0 Å². The van der Waals surface area contributed by atoms with Crippen molar-refractivity contribution in [3.63, 3.8) is 0 Å². The van der Waals surface area contributed by atoms with Gasteiger partial charge in [0.2, 0.25) is 0 Å². The predicted octanol–water partition coefficient (Wildman–Crippen LogP) is 6.26. The van der Waals surface area contributed by atoms with Gasteiger partial charge < -0.3 is 10.1 Å². The zero-order valence-electron chi connectivity index (χ0n) is 19.0. The van der Waals surface area contributed by atoms with Gasteiger partial charge in [-0.05, 0) is 73.3 Å². The zero-order valence-corrected chi connectivity index (χ0v) is 21.4. The minimum absolute atomic E-state index is 0.0553. The number of carbonyl (C=O) groups is 1. The molecule has 34 heavy (non-hydrogen) atoms. The van der Waals surface area contributed by atoms with Crippen LogP contribution in [0, 0.1) is 13.8 Å². The highest BCUT2D eigenvalue weighted by molar-refractivity contribution is 7.92. The van der Waals surface area contributed by atoms with Gasteiger partial charge >= 0.3 is 0 Å². The maximum atomic E-state index is 13.2. The lowest BCUT2D eigenvalue weighted by Gasteiger charge is -2.20. The lowest BCUT2D eigenvalue weighted by Crippen LogP contribution is -2.26. The van der Waals surface area contributed by atoms with Crippen LogP contribution in [0.5, 0.6) is 5.75 Å². The van der Waals surface area contributed by atoms with Crippen LogP contribution < -0.4 is 14.4 Å². The predicted molar refractivity (Wildman–Crippen MR) is 139 cm³/mol. The fraction of sp³-hybridized carbons (Fsp3) is 0.160. The first-order valence-corrected chi connectivity index (χ1v) is 13.0. The summed E-state index contributed by atoms with van der Waals surface area (Å²) < 4.78 is 33.5. The molecular formula is C25H23ClN2O4S2. The van der Waals surface area contributed by atoms with Gasteiger partial charge in [0.15, 0.2) is 0 Å². The van der Waals surface area contributed by atoms with Crippen molar-refractivity contribution in [3.05, 3.63) is 81.7 Å². The highest BCUT2D eigenvalue weighted by Crippen LogP contribution is 2.33. The van der Waals surface area contributed by atoms with E-state index >= 15 is 0 Å². The molecule has 3 aromatic carbocycles. The number of anilines is 2. The molecule has 0 spiro atoms. The first kappa shape index (κ1) is 24.1. The fourth-order valence-electron chi connectivity index (χ4n) is 3.58. The molecule has 0 radical (unpaired) electrons. The second-order valence-corrected chi connectivity index (χ2v) is 11.3. The molecule has 0 saturated heterocycles. The van der Waals surface area contributed by atoms with Gasteiger partial charge in [-0.2, -0.15) is 0 Å². The van der Waals surface area contributed by atoms with E-state index in [1.807, 2.05) is 38.1 Å². The molecule has 4 rings (SSSR count). The van der Waals surface area contributed by atoms with Crippen molar-refractivity contribution in [2.45, 2.75) is 18.7 Å². The second kappa shape index (κ2) is 9.29. The van der Waals surface area contributed by atoms with Crippen molar-refractivity contribution < 1.29 is 17.9 Å². The van der Waals surface area contributed by atoms with Crippen LogP contribution in [0.2, 0.25) is 5.02 Å². The van der Waals surface area contributed by atoms with Gasteiger partial charge in [-0.15, -0.1) is 11.3 Å². The zero-order chi connectivity index (χ0) is 24.6. The molecule has 0 aliphatic rings. The van der Waals surface area contributed by atoms with Crippen LogP contribution in [0.3, 0.4) is 0 Å².